The number of hydrogen-bond acceptors (Lipinski definition) is 4. The van der Waals surface area contributed by atoms with Crippen LogP contribution in [0.5, 0.6) is 0 Å². The first kappa shape index (κ1) is 17.0. The van der Waals surface area contributed by atoms with Crippen LogP contribution in [0.4, 0.5) is 0 Å². The second-order valence-corrected chi connectivity index (χ2v) is 6.01. The molecular weight excluding hydrogens is 276 g/mol. The molecule has 0 aliphatic carbocycles. The average Bonchev–Trinajstić information content (AvgIpc) is 2.59. The molecule has 2 rings (SSSR count). The van der Waals surface area contributed by atoms with E-state index < -0.39 is 6.04 Å². The fourth-order valence-corrected chi connectivity index (χ4v) is 2.77. The van der Waals surface area contributed by atoms with Crippen molar-refractivity contribution in [3.8, 4) is 6.07 Å². The zero-order valence-corrected chi connectivity index (χ0v) is 13.3. The number of aryl methyl sites for hydroxylation is 1. The summed E-state index contributed by atoms with van der Waals surface area (Å²) in [6.45, 7) is 2.75. The smallest absolute Gasteiger partial charge is 0.157 e. The van der Waals surface area contributed by atoms with Crippen LogP contribution in [-0.2, 0) is 15.9 Å². The second kappa shape index (κ2) is 8.89. The molecule has 1 fully saturated rings. The fourth-order valence-electron chi connectivity index (χ4n) is 2.77. The van der Waals surface area contributed by atoms with E-state index in [1.165, 1.54) is 5.56 Å². The third kappa shape index (κ3) is 5.10. The maximum Gasteiger partial charge on any atom is 0.157 e. The van der Waals surface area contributed by atoms with Gasteiger partial charge in [-0.3, -0.25) is 0 Å². The molecule has 1 aliphatic heterocycles. The lowest BCUT2D eigenvalue weighted by Gasteiger charge is -2.32. The SMILES string of the molecule is C[C@H](C(N)C#N)[C@H](CCc1ccccc1)OC1CCCCO1. The molecular formula is C18H26N2O2. The van der Waals surface area contributed by atoms with Gasteiger partial charge in [-0.2, -0.15) is 5.26 Å². The highest BCUT2D eigenvalue weighted by atomic mass is 16.7. The Labute approximate surface area is 133 Å². The lowest BCUT2D eigenvalue weighted by molar-refractivity contribution is -0.199. The highest BCUT2D eigenvalue weighted by molar-refractivity contribution is 5.14. The van der Waals surface area contributed by atoms with E-state index >= 15 is 0 Å². The number of nitriles is 1. The molecule has 1 saturated heterocycles. The molecule has 0 bridgehead atoms. The molecule has 0 aromatic heterocycles. The Bertz CT molecular complexity index is 466. The number of hydrogen-bond donors (Lipinski definition) is 1. The van der Waals surface area contributed by atoms with Gasteiger partial charge in [0.1, 0.15) is 0 Å². The first-order valence-electron chi connectivity index (χ1n) is 8.17. The topological polar surface area (TPSA) is 68.3 Å². The molecule has 0 radical (unpaired) electrons. The fraction of sp³-hybridized carbons (Fsp3) is 0.611. The van der Waals surface area contributed by atoms with Crippen LogP contribution in [0.15, 0.2) is 30.3 Å². The van der Waals surface area contributed by atoms with Crippen molar-refractivity contribution in [2.24, 2.45) is 11.7 Å². The van der Waals surface area contributed by atoms with Gasteiger partial charge in [0.15, 0.2) is 6.29 Å². The largest absolute Gasteiger partial charge is 0.353 e. The van der Waals surface area contributed by atoms with Gasteiger partial charge in [-0.1, -0.05) is 37.3 Å². The number of nitrogens with zero attached hydrogens (tertiary/aromatic N) is 1. The Morgan fingerprint density at radius 3 is 2.77 bits per heavy atom. The van der Waals surface area contributed by atoms with E-state index in [0.717, 1.165) is 38.7 Å². The molecule has 1 heterocycles. The summed E-state index contributed by atoms with van der Waals surface area (Å²) in [4.78, 5) is 0. The van der Waals surface area contributed by atoms with Crippen LogP contribution in [0.1, 0.15) is 38.2 Å². The Balaban J connectivity index is 1.95. The van der Waals surface area contributed by atoms with Crippen LogP contribution < -0.4 is 5.73 Å². The van der Waals surface area contributed by atoms with Crippen LogP contribution in [0.25, 0.3) is 0 Å². The molecule has 0 saturated carbocycles. The van der Waals surface area contributed by atoms with Crippen molar-refractivity contribution in [1.82, 2.24) is 0 Å². The van der Waals surface area contributed by atoms with Gasteiger partial charge in [0, 0.05) is 12.5 Å². The Morgan fingerprint density at radius 2 is 2.14 bits per heavy atom. The van der Waals surface area contributed by atoms with Crippen LogP contribution in [-0.4, -0.2) is 25.0 Å². The summed E-state index contributed by atoms with van der Waals surface area (Å²) in [6, 6.07) is 12.0. The van der Waals surface area contributed by atoms with Crippen molar-refractivity contribution in [2.45, 2.75) is 57.5 Å². The molecule has 22 heavy (non-hydrogen) atoms. The van der Waals surface area contributed by atoms with Crippen molar-refractivity contribution >= 4 is 0 Å². The highest BCUT2D eigenvalue weighted by Crippen LogP contribution is 2.23. The molecule has 1 aromatic rings. The van der Waals surface area contributed by atoms with Gasteiger partial charge in [-0.05, 0) is 37.7 Å². The van der Waals surface area contributed by atoms with Crippen LogP contribution in [0.3, 0.4) is 0 Å². The molecule has 2 N–H and O–H groups in total. The minimum Gasteiger partial charge on any atom is -0.353 e. The third-order valence-electron chi connectivity index (χ3n) is 4.33. The summed E-state index contributed by atoms with van der Waals surface area (Å²) in [5, 5.41) is 9.08. The van der Waals surface area contributed by atoms with Gasteiger partial charge in [0.2, 0.25) is 0 Å². The molecule has 1 aliphatic rings. The van der Waals surface area contributed by atoms with E-state index in [0.29, 0.717) is 0 Å². The lowest BCUT2D eigenvalue weighted by Crippen LogP contribution is -2.40. The summed E-state index contributed by atoms with van der Waals surface area (Å²) in [5.74, 6) is -0.0146. The van der Waals surface area contributed by atoms with E-state index in [2.05, 4.69) is 18.2 Å². The first-order valence-corrected chi connectivity index (χ1v) is 8.17. The zero-order valence-electron chi connectivity index (χ0n) is 13.3. The lowest BCUT2D eigenvalue weighted by atomic mass is 9.92. The molecule has 0 spiro atoms. The van der Waals surface area contributed by atoms with Crippen molar-refractivity contribution in [3.63, 3.8) is 0 Å². The Hall–Kier alpha value is -1.41. The van der Waals surface area contributed by atoms with Gasteiger partial charge in [-0.15, -0.1) is 0 Å². The van der Waals surface area contributed by atoms with E-state index in [1.807, 2.05) is 25.1 Å². The molecule has 4 heteroatoms. The number of ether oxygens (including phenoxy) is 2. The van der Waals surface area contributed by atoms with Gasteiger partial charge >= 0.3 is 0 Å². The minimum absolute atomic E-state index is 0.0146. The maximum atomic E-state index is 9.08. The second-order valence-electron chi connectivity index (χ2n) is 6.01. The number of nitrogens with two attached hydrogens (primary N) is 1. The summed E-state index contributed by atoms with van der Waals surface area (Å²) < 4.78 is 11.8. The van der Waals surface area contributed by atoms with Crippen LogP contribution in [0.2, 0.25) is 0 Å². The summed E-state index contributed by atoms with van der Waals surface area (Å²) >= 11 is 0. The Kier molecular flexibility index (Phi) is 6.85. The van der Waals surface area contributed by atoms with E-state index in [1.54, 1.807) is 0 Å². The third-order valence-corrected chi connectivity index (χ3v) is 4.33. The maximum absolute atomic E-state index is 9.08. The number of benzene rings is 1. The van der Waals surface area contributed by atoms with Gasteiger partial charge < -0.3 is 15.2 Å². The van der Waals surface area contributed by atoms with Gasteiger partial charge in [0.05, 0.1) is 18.2 Å². The van der Waals surface area contributed by atoms with Crippen LogP contribution in [0, 0.1) is 17.2 Å². The van der Waals surface area contributed by atoms with E-state index in [4.69, 9.17) is 20.5 Å². The summed E-state index contributed by atoms with van der Waals surface area (Å²) in [7, 11) is 0. The molecule has 4 nitrogen and oxygen atoms in total. The quantitative estimate of drug-likeness (QED) is 0.840. The molecule has 1 aromatic carbocycles. The highest BCUT2D eigenvalue weighted by Gasteiger charge is 2.27. The molecule has 4 atom stereocenters. The molecule has 0 amide bonds. The number of rotatable bonds is 7. The summed E-state index contributed by atoms with van der Waals surface area (Å²) in [6.07, 6.45) is 4.72. The van der Waals surface area contributed by atoms with Gasteiger partial charge in [0.25, 0.3) is 0 Å². The van der Waals surface area contributed by atoms with Crippen molar-refractivity contribution in [2.75, 3.05) is 6.61 Å². The van der Waals surface area contributed by atoms with E-state index in [9.17, 15) is 0 Å². The minimum atomic E-state index is -0.510. The standard InChI is InChI=1S/C18H26N2O2/c1-14(16(20)13-19)17(22-18-9-5-6-12-21-18)11-10-15-7-3-2-4-8-15/h2-4,7-8,14,16-18H,5-6,9-12,20H2,1H3/t14-,16?,17+,18?/m1/s1. The zero-order chi connectivity index (χ0) is 15.8. The first-order chi connectivity index (χ1) is 10.7. The predicted molar refractivity (Wildman–Crippen MR) is 86.0 cm³/mol. The summed E-state index contributed by atoms with van der Waals surface area (Å²) in [5.41, 5.74) is 7.19. The normalized spacial score (nSPS) is 22.5. The van der Waals surface area contributed by atoms with Crippen molar-refractivity contribution in [1.29, 1.82) is 5.26 Å². The Morgan fingerprint density at radius 1 is 1.36 bits per heavy atom. The van der Waals surface area contributed by atoms with Crippen molar-refractivity contribution < 1.29 is 9.47 Å². The van der Waals surface area contributed by atoms with Crippen molar-refractivity contribution in [3.05, 3.63) is 35.9 Å². The molecule has 2 unspecified atom stereocenters. The average molecular weight is 302 g/mol. The predicted octanol–water partition coefficient (Wildman–Crippen LogP) is 3.02. The van der Waals surface area contributed by atoms with Crippen LogP contribution >= 0.6 is 0 Å². The van der Waals surface area contributed by atoms with E-state index in [-0.39, 0.29) is 18.3 Å². The molecule has 120 valence electrons. The monoisotopic (exact) mass is 302 g/mol. The van der Waals surface area contributed by atoms with Gasteiger partial charge in [-0.25, -0.2) is 0 Å².